The number of aromatic nitrogens is 5. The van der Waals surface area contributed by atoms with E-state index in [1.807, 2.05) is 35.5 Å². The minimum atomic E-state index is -0.322. The summed E-state index contributed by atoms with van der Waals surface area (Å²) in [4.78, 5) is 13.4. The number of hydrogen-bond acceptors (Lipinski definition) is 5. The van der Waals surface area contributed by atoms with Crippen LogP contribution in [0.1, 0.15) is 63.6 Å². The highest BCUT2D eigenvalue weighted by atomic mass is 16.3. The number of nitrogens with one attached hydrogen (secondary N) is 1. The summed E-state index contributed by atoms with van der Waals surface area (Å²) in [5.74, 6) is 1.38. The summed E-state index contributed by atoms with van der Waals surface area (Å²) in [5.41, 5.74) is 10.1. The van der Waals surface area contributed by atoms with Crippen LogP contribution in [0.15, 0.2) is 23.6 Å². The number of hydrogen-bond donors (Lipinski definition) is 3. The van der Waals surface area contributed by atoms with E-state index < -0.39 is 0 Å². The normalized spacial score (nSPS) is 17.4. The van der Waals surface area contributed by atoms with Gasteiger partial charge in [-0.1, -0.05) is 13.5 Å². The molecule has 0 bridgehead atoms. The first-order chi connectivity index (χ1) is 15.4. The average molecular weight is 437 g/mol. The fraction of sp³-hybridized carbons (Fsp3) is 0.542. The van der Waals surface area contributed by atoms with Crippen LogP contribution in [0.3, 0.4) is 0 Å². The van der Waals surface area contributed by atoms with Crippen LogP contribution in [0.2, 0.25) is 0 Å². The van der Waals surface area contributed by atoms with E-state index in [1.165, 1.54) is 25.7 Å². The van der Waals surface area contributed by atoms with Crippen LogP contribution in [-0.4, -0.2) is 35.8 Å². The Morgan fingerprint density at radius 2 is 2.03 bits per heavy atom. The van der Waals surface area contributed by atoms with Crippen LogP contribution in [0.4, 0.5) is 5.82 Å². The van der Waals surface area contributed by atoms with Gasteiger partial charge in [0.1, 0.15) is 5.39 Å². The van der Waals surface area contributed by atoms with Crippen LogP contribution in [0.25, 0.3) is 27.7 Å². The molecule has 3 heterocycles. The number of rotatable bonds is 9. The van der Waals surface area contributed by atoms with Gasteiger partial charge in [-0.15, -0.1) is 0 Å². The molecule has 3 aromatic heterocycles. The van der Waals surface area contributed by atoms with Crippen LogP contribution in [0, 0.1) is 11.8 Å². The van der Waals surface area contributed by atoms with Gasteiger partial charge in [-0.25, -0.2) is 0 Å². The Balaban J connectivity index is 1.58. The minimum Gasteiger partial charge on any atom is -0.393 e. The van der Waals surface area contributed by atoms with E-state index in [9.17, 15) is 9.90 Å². The fourth-order valence-electron chi connectivity index (χ4n) is 4.89. The first-order valence-electron chi connectivity index (χ1n) is 11.7. The standard InChI is InChI=1S/C24H32N6O2/c1-4-16(31)10-5-13(2)19-11-18(28-29(19)3)17-12-30(22(14-6-7-14)15-8-9-15)24(32)20-21(17)26-27-23(20)25/h11-12,14-16,22,31H,2,4-10H2,1,3H3,(H3,25,26,27)/t16-/m1/s1. The summed E-state index contributed by atoms with van der Waals surface area (Å²) in [5, 5.41) is 22.2. The Morgan fingerprint density at radius 1 is 1.34 bits per heavy atom. The Bertz CT molecular complexity index is 1220. The number of nitrogens with zero attached hydrogens (tertiary/aromatic N) is 4. The molecule has 0 aromatic carbocycles. The smallest absolute Gasteiger partial charge is 0.264 e. The maximum atomic E-state index is 13.4. The van der Waals surface area contributed by atoms with Crippen molar-refractivity contribution in [2.24, 2.45) is 18.9 Å². The number of H-pyrrole nitrogens is 1. The summed E-state index contributed by atoms with van der Waals surface area (Å²) in [6.07, 6.45) is 8.46. The summed E-state index contributed by atoms with van der Waals surface area (Å²) in [6.45, 7) is 6.20. The Labute approximate surface area is 187 Å². The SMILES string of the molecule is C=C(CC[C@H](O)CC)c1cc(-c2cn(C(C3CC3)C3CC3)c(=O)c3c(N)n[nH]c23)nn1C. The molecule has 0 amide bonds. The highest BCUT2D eigenvalue weighted by Crippen LogP contribution is 2.52. The predicted octanol–water partition coefficient (Wildman–Crippen LogP) is 3.63. The third-order valence-electron chi connectivity index (χ3n) is 7.08. The monoisotopic (exact) mass is 436 g/mol. The van der Waals surface area contributed by atoms with Crippen molar-refractivity contribution in [2.45, 2.75) is 64.0 Å². The summed E-state index contributed by atoms with van der Waals surface area (Å²) in [7, 11) is 1.89. The molecule has 0 spiro atoms. The second-order valence-corrected chi connectivity index (χ2v) is 9.52. The molecule has 5 rings (SSSR count). The van der Waals surface area contributed by atoms with Crippen LogP contribution < -0.4 is 11.3 Å². The Kier molecular flexibility index (Phi) is 5.20. The van der Waals surface area contributed by atoms with Crippen molar-refractivity contribution in [2.75, 3.05) is 5.73 Å². The molecular weight excluding hydrogens is 404 g/mol. The molecular formula is C24H32N6O2. The van der Waals surface area contributed by atoms with Gasteiger partial charge in [0.15, 0.2) is 5.82 Å². The number of nitrogen functional groups attached to an aromatic ring is 1. The lowest BCUT2D eigenvalue weighted by atomic mass is 10.0. The molecule has 32 heavy (non-hydrogen) atoms. The zero-order chi connectivity index (χ0) is 22.6. The van der Waals surface area contributed by atoms with Crippen molar-refractivity contribution in [3.05, 3.63) is 34.9 Å². The summed E-state index contributed by atoms with van der Waals surface area (Å²) >= 11 is 0. The zero-order valence-corrected chi connectivity index (χ0v) is 18.8. The highest BCUT2D eigenvalue weighted by Gasteiger charge is 2.43. The van der Waals surface area contributed by atoms with Gasteiger partial charge >= 0.3 is 0 Å². The van der Waals surface area contributed by atoms with Gasteiger partial charge in [-0.05, 0) is 68.4 Å². The molecule has 170 valence electrons. The number of aliphatic hydroxyl groups excluding tert-OH is 1. The first kappa shape index (κ1) is 21.0. The van der Waals surface area contributed by atoms with Gasteiger partial charge in [-0.2, -0.15) is 10.2 Å². The second-order valence-electron chi connectivity index (χ2n) is 9.52. The molecule has 2 aliphatic rings. The van der Waals surface area contributed by atoms with Crippen molar-refractivity contribution >= 4 is 22.3 Å². The maximum Gasteiger partial charge on any atom is 0.264 e. The van der Waals surface area contributed by atoms with Gasteiger partial charge in [0.25, 0.3) is 5.56 Å². The quantitative estimate of drug-likeness (QED) is 0.474. The topological polar surface area (TPSA) is 115 Å². The first-order valence-corrected chi connectivity index (χ1v) is 11.7. The average Bonchev–Trinajstić information content (AvgIpc) is 3.71. The van der Waals surface area contributed by atoms with Gasteiger partial charge in [0.05, 0.1) is 23.0 Å². The molecule has 1 atom stereocenters. The number of allylic oxidation sites excluding steroid dienone is 1. The zero-order valence-electron chi connectivity index (χ0n) is 18.8. The molecule has 0 aliphatic heterocycles. The molecule has 2 aliphatic carbocycles. The van der Waals surface area contributed by atoms with Gasteiger partial charge in [0, 0.05) is 24.8 Å². The molecule has 2 saturated carbocycles. The number of fused-ring (bicyclic) bond motifs is 1. The number of nitrogens with two attached hydrogens (primary N) is 1. The third kappa shape index (κ3) is 3.66. The Morgan fingerprint density at radius 3 is 2.66 bits per heavy atom. The summed E-state index contributed by atoms with van der Waals surface area (Å²) in [6, 6.07) is 2.23. The van der Waals surface area contributed by atoms with Crippen LogP contribution in [-0.2, 0) is 7.05 Å². The minimum absolute atomic E-state index is 0.0621. The molecule has 0 unspecified atom stereocenters. The number of aliphatic hydroxyl groups is 1. The molecule has 0 radical (unpaired) electrons. The van der Waals surface area contributed by atoms with Crippen molar-refractivity contribution in [1.29, 1.82) is 0 Å². The van der Waals surface area contributed by atoms with Gasteiger partial charge in [-0.3, -0.25) is 14.6 Å². The lowest BCUT2D eigenvalue weighted by molar-refractivity contribution is 0.162. The van der Waals surface area contributed by atoms with E-state index >= 15 is 0 Å². The van der Waals surface area contributed by atoms with Gasteiger partial charge in [0.2, 0.25) is 0 Å². The Hall–Kier alpha value is -2.87. The van der Waals surface area contributed by atoms with E-state index in [0.717, 1.165) is 28.9 Å². The van der Waals surface area contributed by atoms with Crippen molar-refractivity contribution < 1.29 is 5.11 Å². The maximum absolute atomic E-state index is 13.4. The summed E-state index contributed by atoms with van der Waals surface area (Å²) < 4.78 is 3.73. The van der Waals surface area contributed by atoms with Crippen molar-refractivity contribution in [3.63, 3.8) is 0 Å². The molecule has 2 fully saturated rings. The second kappa shape index (κ2) is 7.92. The molecule has 4 N–H and O–H groups in total. The number of pyridine rings is 1. The number of anilines is 1. The van der Waals surface area contributed by atoms with E-state index in [-0.39, 0.29) is 23.5 Å². The number of aromatic amines is 1. The van der Waals surface area contributed by atoms with E-state index in [1.54, 1.807) is 0 Å². The van der Waals surface area contributed by atoms with E-state index in [2.05, 4.69) is 16.8 Å². The third-order valence-corrected chi connectivity index (χ3v) is 7.08. The molecule has 0 saturated heterocycles. The van der Waals surface area contributed by atoms with E-state index in [0.29, 0.717) is 35.6 Å². The molecule has 8 heteroatoms. The lowest BCUT2D eigenvalue weighted by Crippen LogP contribution is -2.27. The largest absolute Gasteiger partial charge is 0.393 e. The van der Waals surface area contributed by atoms with Crippen LogP contribution in [0.5, 0.6) is 0 Å². The van der Waals surface area contributed by atoms with Crippen LogP contribution >= 0.6 is 0 Å². The fourth-order valence-corrected chi connectivity index (χ4v) is 4.89. The van der Waals surface area contributed by atoms with Crippen molar-refractivity contribution in [3.8, 4) is 11.3 Å². The molecule has 8 nitrogen and oxygen atoms in total. The molecule has 3 aromatic rings. The lowest BCUT2D eigenvalue weighted by Gasteiger charge is -2.20. The van der Waals surface area contributed by atoms with Gasteiger partial charge < -0.3 is 15.4 Å². The highest BCUT2D eigenvalue weighted by molar-refractivity contribution is 5.97. The predicted molar refractivity (Wildman–Crippen MR) is 126 cm³/mol. The van der Waals surface area contributed by atoms with E-state index in [4.69, 9.17) is 10.8 Å². The van der Waals surface area contributed by atoms with Crippen molar-refractivity contribution in [1.82, 2.24) is 24.5 Å². The number of aryl methyl sites for hydroxylation is 1.